The van der Waals surface area contributed by atoms with E-state index in [1.807, 2.05) is 0 Å². The summed E-state index contributed by atoms with van der Waals surface area (Å²) in [6, 6.07) is 0.160. The molecule has 0 radical (unpaired) electrons. The molecule has 2 heterocycles. The number of carbonyl (C=O) groups is 1. The van der Waals surface area contributed by atoms with Crippen molar-refractivity contribution >= 4 is 5.97 Å². The van der Waals surface area contributed by atoms with Crippen LogP contribution in [0, 0.1) is 17.8 Å². The molecule has 3 rings (SSSR count). The Morgan fingerprint density at radius 2 is 1.63 bits per heavy atom. The van der Waals surface area contributed by atoms with Crippen molar-refractivity contribution < 1.29 is 14.3 Å². The molecule has 174 valence electrons. The Bertz CT molecular complexity index is 522. The van der Waals surface area contributed by atoms with E-state index in [1.54, 1.807) is 0 Å². The van der Waals surface area contributed by atoms with Crippen molar-refractivity contribution in [2.75, 3.05) is 6.54 Å². The molecule has 4 nitrogen and oxygen atoms in total. The monoisotopic (exact) mass is 421 g/mol. The van der Waals surface area contributed by atoms with Gasteiger partial charge in [0.25, 0.3) is 0 Å². The molecule has 4 heteroatoms. The van der Waals surface area contributed by atoms with E-state index in [9.17, 15) is 4.79 Å². The first-order chi connectivity index (χ1) is 14.5. The molecule has 0 amide bonds. The third-order valence-corrected chi connectivity index (χ3v) is 7.77. The van der Waals surface area contributed by atoms with Gasteiger partial charge in [-0.3, -0.25) is 9.69 Å². The smallest absolute Gasteiger partial charge is 0.327 e. The lowest BCUT2D eigenvalue weighted by Gasteiger charge is -2.38. The molecule has 7 atom stereocenters. The van der Waals surface area contributed by atoms with E-state index in [0.29, 0.717) is 17.8 Å². The third-order valence-electron chi connectivity index (χ3n) is 7.77. The summed E-state index contributed by atoms with van der Waals surface area (Å²) in [5.74, 6) is 1.87. The van der Waals surface area contributed by atoms with Crippen molar-refractivity contribution in [1.82, 2.24) is 4.90 Å². The van der Waals surface area contributed by atoms with E-state index >= 15 is 0 Å². The largest absolute Gasteiger partial charge is 0.433 e. The van der Waals surface area contributed by atoms with Crippen LogP contribution >= 0.6 is 0 Å². The maximum absolute atomic E-state index is 12.3. The molecular formula is C26H47NO3. The van der Waals surface area contributed by atoms with Gasteiger partial charge in [0, 0.05) is 0 Å². The average Bonchev–Trinajstić information content (AvgIpc) is 3.33. The van der Waals surface area contributed by atoms with Gasteiger partial charge in [0.2, 0.25) is 6.29 Å². The summed E-state index contributed by atoms with van der Waals surface area (Å²) >= 11 is 0. The molecule has 2 aliphatic heterocycles. The first kappa shape index (κ1) is 24.0. The topological polar surface area (TPSA) is 38.5 Å². The molecule has 0 aromatic rings. The van der Waals surface area contributed by atoms with Crippen molar-refractivity contribution in [3.63, 3.8) is 0 Å². The molecule has 3 aliphatic rings. The number of rotatable bonds is 14. The molecule has 3 fully saturated rings. The summed E-state index contributed by atoms with van der Waals surface area (Å²) in [5.41, 5.74) is 0. The van der Waals surface area contributed by atoms with E-state index in [-0.39, 0.29) is 30.4 Å². The summed E-state index contributed by atoms with van der Waals surface area (Å²) in [4.78, 5) is 14.6. The Morgan fingerprint density at radius 1 is 1.00 bits per heavy atom. The standard InChI is InChI=1S/C26H47NO3/c1-5-6-7-8-9-10-11-12-13-14-17-27-23-24(27)26(30-25(23)28)29-22-18-20(4)15-16-21(22)19(2)3/h19-24,26H,5-18H2,1-4H3/t20-,21+,22-,23+,24-,26-,27?/m1/s1. The van der Waals surface area contributed by atoms with Gasteiger partial charge in [-0.1, -0.05) is 91.9 Å². The predicted molar refractivity (Wildman–Crippen MR) is 122 cm³/mol. The average molecular weight is 422 g/mol. The molecule has 0 bridgehead atoms. The number of carbonyl (C=O) groups excluding carboxylic acids is 1. The molecule has 0 aromatic heterocycles. The number of ether oxygens (including phenoxy) is 2. The second kappa shape index (κ2) is 11.9. The predicted octanol–water partition coefficient (Wildman–Crippen LogP) is 6.32. The zero-order valence-corrected chi connectivity index (χ0v) is 20.1. The molecular weight excluding hydrogens is 374 g/mol. The Hall–Kier alpha value is -0.610. The fraction of sp³-hybridized carbons (Fsp3) is 0.962. The SMILES string of the molecule is CCCCCCCCCCCCN1[C@H]2[C@H](O[C@@H]3C[C@H](C)CC[C@H]3C(C)C)OC(=O)[C@H]21. The number of morpholine rings is 1. The highest BCUT2D eigenvalue weighted by Crippen LogP contribution is 2.43. The minimum absolute atomic E-state index is 0.0212. The fourth-order valence-corrected chi connectivity index (χ4v) is 5.75. The van der Waals surface area contributed by atoms with Crippen LogP contribution in [0.15, 0.2) is 0 Å². The lowest BCUT2D eigenvalue weighted by Crippen LogP contribution is -2.39. The molecule has 1 saturated carbocycles. The molecule has 1 unspecified atom stereocenters. The van der Waals surface area contributed by atoms with Gasteiger partial charge in [-0.05, 0) is 43.6 Å². The van der Waals surface area contributed by atoms with Crippen LogP contribution in [0.5, 0.6) is 0 Å². The first-order valence-corrected chi connectivity index (χ1v) is 13.1. The summed E-state index contributed by atoms with van der Waals surface area (Å²) in [7, 11) is 0. The van der Waals surface area contributed by atoms with E-state index in [1.165, 1.54) is 77.0 Å². The van der Waals surface area contributed by atoms with E-state index in [4.69, 9.17) is 9.47 Å². The Kier molecular flexibility index (Phi) is 9.50. The Morgan fingerprint density at radius 3 is 2.27 bits per heavy atom. The Labute approximate surface area is 185 Å². The van der Waals surface area contributed by atoms with Crippen LogP contribution < -0.4 is 0 Å². The van der Waals surface area contributed by atoms with Crippen molar-refractivity contribution in [3.8, 4) is 0 Å². The van der Waals surface area contributed by atoms with E-state index in [0.717, 1.165) is 13.0 Å². The van der Waals surface area contributed by atoms with Gasteiger partial charge < -0.3 is 9.47 Å². The van der Waals surface area contributed by atoms with Crippen LogP contribution in [0.3, 0.4) is 0 Å². The number of hydrogen-bond donors (Lipinski definition) is 0. The van der Waals surface area contributed by atoms with Crippen molar-refractivity contribution in [2.45, 2.75) is 136 Å². The van der Waals surface area contributed by atoms with Gasteiger partial charge in [0.05, 0.1) is 12.1 Å². The van der Waals surface area contributed by atoms with Gasteiger partial charge in [0.15, 0.2) is 0 Å². The zero-order valence-electron chi connectivity index (χ0n) is 20.1. The molecule has 0 N–H and O–H groups in total. The van der Waals surface area contributed by atoms with Crippen LogP contribution in [0.2, 0.25) is 0 Å². The summed E-state index contributed by atoms with van der Waals surface area (Å²) in [5, 5.41) is 0. The number of unbranched alkanes of at least 4 members (excludes halogenated alkanes) is 9. The molecule has 0 aromatic carbocycles. The minimum Gasteiger partial charge on any atom is -0.433 e. The fourth-order valence-electron chi connectivity index (χ4n) is 5.75. The number of nitrogens with zero attached hydrogens (tertiary/aromatic N) is 1. The quantitative estimate of drug-likeness (QED) is 0.187. The number of hydrogen-bond acceptors (Lipinski definition) is 4. The highest BCUT2D eigenvalue weighted by molar-refractivity contribution is 5.83. The third kappa shape index (κ3) is 6.45. The van der Waals surface area contributed by atoms with Crippen LogP contribution in [-0.4, -0.2) is 41.9 Å². The summed E-state index contributed by atoms with van der Waals surface area (Å²) < 4.78 is 12.1. The van der Waals surface area contributed by atoms with Gasteiger partial charge in [-0.2, -0.15) is 0 Å². The molecule has 0 spiro atoms. The lowest BCUT2D eigenvalue weighted by atomic mass is 9.75. The molecule has 1 aliphatic carbocycles. The zero-order chi connectivity index (χ0) is 21.5. The van der Waals surface area contributed by atoms with Crippen molar-refractivity contribution in [2.24, 2.45) is 17.8 Å². The first-order valence-electron chi connectivity index (χ1n) is 13.1. The Balaban J connectivity index is 1.32. The van der Waals surface area contributed by atoms with E-state index in [2.05, 4.69) is 32.6 Å². The second-order valence-corrected chi connectivity index (χ2v) is 10.7. The minimum atomic E-state index is -0.331. The molecule has 2 saturated heterocycles. The van der Waals surface area contributed by atoms with Crippen molar-refractivity contribution in [3.05, 3.63) is 0 Å². The molecule has 30 heavy (non-hydrogen) atoms. The van der Waals surface area contributed by atoms with Crippen LogP contribution in [-0.2, 0) is 14.3 Å². The highest BCUT2D eigenvalue weighted by atomic mass is 16.7. The van der Waals surface area contributed by atoms with Crippen molar-refractivity contribution in [1.29, 1.82) is 0 Å². The summed E-state index contributed by atoms with van der Waals surface area (Å²) in [6.45, 7) is 10.2. The maximum Gasteiger partial charge on any atom is 0.327 e. The van der Waals surface area contributed by atoms with Gasteiger partial charge in [-0.15, -0.1) is 0 Å². The van der Waals surface area contributed by atoms with E-state index < -0.39 is 0 Å². The number of esters is 1. The maximum atomic E-state index is 12.3. The van der Waals surface area contributed by atoms with Crippen LogP contribution in [0.1, 0.15) is 111 Å². The summed E-state index contributed by atoms with van der Waals surface area (Å²) in [6.07, 6.45) is 17.0. The van der Waals surface area contributed by atoms with Gasteiger partial charge >= 0.3 is 5.97 Å². The number of cyclic esters (lactones) is 1. The van der Waals surface area contributed by atoms with Gasteiger partial charge in [-0.25, -0.2) is 0 Å². The van der Waals surface area contributed by atoms with Crippen LogP contribution in [0.4, 0.5) is 0 Å². The van der Waals surface area contributed by atoms with Crippen LogP contribution in [0.25, 0.3) is 0 Å². The second-order valence-electron chi connectivity index (χ2n) is 10.7. The normalized spacial score (nSPS) is 35.5. The number of fused-ring (bicyclic) bond motifs is 1. The lowest BCUT2D eigenvalue weighted by molar-refractivity contribution is -0.197. The highest BCUT2D eigenvalue weighted by Gasteiger charge is 2.65. The van der Waals surface area contributed by atoms with Gasteiger partial charge in [0.1, 0.15) is 6.04 Å².